The van der Waals surface area contributed by atoms with E-state index in [9.17, 15) is 14.7 Å². The highest BCUT2D eigenvalue weighted by atomic mass is 35.5. The minimum atomic E-state index is -1.34. The molecule has 0 saturated carbocycles. The first-order chi connectivity index (χ1) is 12.8. The first-order valence-electron chi connectivity index (χ1n) is 8.19. The summed E-state index contributed by atoms with van der Waals surface area (Å²) in [5, 5.41) is 13.6. The lowest BCUT2D eigenvalue weighted by atomic mass is 10.1. The number of benzene rings is 2. The predicted molar refractivity (Wildman–Crippen MR) is 104 cm³/mol. The van der Waals surface area contributed by atoms with Crippen molar-refractivity contribution in [3.63, 3.8) is 0 Å². The van der Waals surface area contributed by atoms with Crippen molar-refractivity contribution < 1.29 is 19.4 Å². The number of carbonyl (C=O) groups excluding carboxylic acids is 2. The van der Waals surface area contributed by atoms with Crippen LogP contribution in [0.15, 0.2) is 42.5 Å². The third-order valence-corrected chi connectivity index (χ3v) is 4.48. The zero-order valence-corrected chi connectivity index (χ0v) is 16.1. The van der Waals surface area contributed by atoms with E-state index < -0.39 is 17.9 Å². The molecule has 2 atom stereocenters. The number of hydrogen-bond acceptors (Lipinski definition) is 4. The molecule has 0 aliphatic heterocycles. The molecular weight excluding hydrogens is 391 g/mol. The number of carbonyl (C=O) groups is 2. The van der Waals surface area contributed by atoms with E-state index in [1.54, 1.807) is 18.2 Å². The van der Waals surface area contributed by atoms with Gasteiger partial charge in [0, 0.05) is 6.04 Å². The molecule has 144 valence electrons. The molecule has 27 heavy (non-hydrogen) atoms. The molecule has 2 amide bonds. The van der Waals surface area contributed by atoms with Gasteiger partial charge in [-0.1, -0.05) is 41.4 Å². The van der Waals surface area contributed by atoms with Gasteiger partial charge in [0.15, 0.2) is 12.7 Å². The Morgan fingerprint density at radius 2 is 1.81 bits per heavy atom. The Balaban J connectivity index is 1.90. The number of nitrogens with two attached hydrogens (primary N) is 1. The molecule has 4 N–H and O–H groups in total. The second-order valence-corrected chi connectivity index (χ2v) is 6.90. The normalized spacial score (nSPS) is 12.9. The zero-order valence-electron chi connectivity index (χ0n) is 14.6. The number of hydrogen-bond donors (Lipinski definition) is 3. The van der Waals surface area contributed by atoms with Crippen LogP contribution in [0.4, 0.5) is 0 Å². The summed E-state index contributed by atoms with van der Waals surface area (Å²) in [5.74, 6) is -0.539. The topological polar surface area (TPSA) is 102 Å². The van der Waals surface area contributed by atoms with Crippen LogP contribution in [0.25, 0.3) is 0 Å². The smallest absolute Gasteiger partial charge is 0.255 e. The quantitative estimate of drug-likeness (QED) is 0.622. The molecule has 6 nitrogen and oxygen atoms in total. The average Bonchev–Trinajstić information content (AvgIpc) is 2.62. The number of aliphatic hydroxyl groups excluding tert-OH is 1. The molecule has 0 saturated heterocycles. The Bertz CT molecular complexity index is 812. The third-order valence-electron chi connectivity index (χ3n) is 3.74. The zero-order chi connectivity index (χ0) is 20.0. The fraction of sp³-hybridized carbons (Fsp3) is 0.263. The van der Waals surface area contributed by atoms with Gasteiger partial charge in [0.2, 0.25) is 0 Å². The number of rotatable bonds is 8. The van der Waals surface area contributed by atoms with Gasteiger partial charge in [-0.2, -0.15) is 0 Å². The minimum absolute atomic E-state index is 0.182. The number of amides is 2. The maximum Gasteiger partial charge on any atom is 0.255 e. The van der Waals surface area contributed by atoms with Gasteiger partial charge in [-0.15, -0.1) is 0 Å². The van der Waals surface area contributed by atoms with Crippen LogP contribution in [0.1, 0.15) is 24.2 Å². The van der Waals surface area contributed by atoms with Crippen molar-refractivity contribution in [2.45, 2.75) is 25.5 Å². The Labute approximate surface area is 167 Å². The van der Waals surface area contributed by atoms with Crippen molar-refractivity contribution in [2.24, 2.45) is 5.73 Å². The maximum absolute atomic E-state index is 12.2. The van der Waals surface area contributed by atoms with Gasteiger partial charge < -0.3 is 20.9 Å². The van der Waals surface area contributed by atoms with E-state index in [0.717, 1.165) is 5.56 Å². The van der Waals surface area contributed by atoms with Crippen molar-refractivity contribution >= 4 is 35.0 Å². The largest absolute Gasteiger partial charge is 0.484 e. The summed E-state index contributed by atoms with van der Waals surface area (Å²) in [7, 11) is 0. The van der Waals surface area contributed by atoms with Gasteiger partial charge in [0.25, 0.3) is 11.8 Å². The number of nitrogens with one attached hydrogen (secondary N) is 1. The van der Waals surface area contributed by atoms with Crippen LogP contribution in [-0.2, 0) is 16.0 Å². The summed E-state index contributed by atoms with van der Waals surface area (Å²) in [6.45, 7) is 1.65. The Hall–Kier alpha value is -2.28. The fourth-order valence-electron chi connectivity index (χ4n) is 2.44. The van der Waals surface area contributed by atoms with E-state index in [1.807, 2.05) is 19.1 Å². The van der Waals surface area contributed by atoms with E-state index in [0.29, 0.717) is 22.8 Å². The molecule has 0 bridgehead atoms. The summed E-state index contributed by atoms with van der Waals surface area (Å²) in [6.07, 6.45) is -0.789. The second-order valence-electron chi connectivity index (χ2n) is 6.09. The van der Waals surface area contributed by atoms with Crippen molar-refractivity contribution in [1.82, 2.24) is 5.32 Å². The van der Waals surface area contributed by atoms with E-state index in [1.165, 1.54) is 12.1 Å². The molecule has 0 aliphatic rings. The van der Waals surface area contributed by atoms with Gasteiger partial charge in [-0.25, -0.2) is 0 Å². The molecule has 0 spiro atoms. The molecular formula is C19H20Cl2N2O4. The molecule has 0 aliphatic carbocycles. The molecule has 8 heteroatoms. The van der Waals surface area contributed by atoms with Crippen molar-refractivity contribution in [3.05, 3.63) is 63.6 Å². The second kappa shape index (κ2) is 9.60. The Morgan fingerprint density at radius 3 is 2.41 bits per heavy atom. The predicted octanol–water partition coefficient (Wildman–Crippen LogP) is 2.64. The molecule has 0 fully saturated rings. The van der Waals surface area contributed by atoms with Gasteiger partial charge in [-0.05, 0) is 48.7 Å². The van der Waals surface area contributed by atoms with Crippen molar-refractivity contribution in [1.29, 1.82) is 0 Å². The number of halogens is 2. The summed E-state index contributed by atoms with van der Waals surface area (Å²) in [6, 6.07) is 11.4. The first kappa shape index (κ1) is 21.0. The minimum Gasteiger partial charge on any atom is -0.484 e. The lowest BCUT2D eigenvalue weighted by Gasteiger charge is -2.18. The molecule has 2 unspecified atom stereocenters. The monoisotopic (exact) mass is 410 g/mol. The van der Waals surface area contributed by atoms with Crippen LogP contribution in [0, 0.1) is 0 Å². The number of primary amides is 1. The van der Waals surface area contributed by atoms with Crippen molar-refractivity contribution in [2.75, 3.05) is 6.61 Å². The van der Waals surface area contributed by atoms with Crippen LogP contribution < -0.4 is 15.8 Å². The standard InChI is InChI=1S/C19H20Cl2N2O4/c1-11(8-12-2-5-14(6-3-12)27-10-17(22)24)23-19(26)18(25)13-4-7-15(20)16(21)9-13/h2-7,9,11,18,25H,8,10H2,1H3,(H2,22,24)(H,23,26). The highest BCUT2D eigenvalue weighted by Crippen LogP contribution is 2.25. The van der Waals surface area contributed by atoms with Crippen LogP contribution in [0.2, 0.25) is 10.0 Å². The summed E-state index contributed by atoms with van der Waals surface area (Å²) < 4.78 is 5.19. The third kappa shape index (κ3) is 6.43. The lowest BCUT2D eigenvalue weighted by Crippen LogP contribution is -2.37. The van der Waals surface area contributed by atoms with Crippen LogP contribution >= 0.6 is 23.2 Å². The summed E-state index contributed by atoms with van der Waals surface area (Å²) >= 11 is 11.8. The van der Waals surface area contributed by atoms with Gasteiger partial charge in [0.05, 0.1) is 10.0 Å². The molecule has 2 aromatic carbocycles. The van der Waals surface area contributed by atoms with Gasteiger partial charge in [-0.3, -0.25) is 9.59 Å². The van der Waals surface area contributed by atoms with E-state index >= 15 is 0 Å². The van der Waals surface area contributed by atoms with Gasteiger partial charge >= 0.3 is 0 Å². The van der Waals surface area contributed by atoms with Gasteiger partial charge in [0.1, 0.15) is 5.75 Å². The first-order valence-corrected chi connectivity index (χ1v) is 8.95. The highest BCUT2D eigenvalue weighted by Gasteiger charge is 2.20. The Morgan fingerprint density at radius 1 is 1.15 bits per heavy atom. The SMILES string of the molecule is CC(Cc1ccc(OCC(N)=O)cc1)NC(=O)C(O)c1ccc(Cl)c(Cl)c1. The van der Waals surface area contributed by atoms with E-state index in [4.69, 9.17) is 33.7 Å². The van der Waals surface area contributed by atoms with E-state index in [-0.39, 0.29) is 17.7 Å². The molecule has 2 rings (SSSR count). The number of aliphatic hydroxyl groups is 1. The summed E-state index contributed by atoms with van der Waals surface area (Å²) in [4.78, 5) is 22.9. The highest BCUT2D eigenvalue weighted by molar-refractivity contribution is 6.42. The lowest BCUT2D eigenvalue weighted by molar-refractivity contribution is -0.130. The molecule has 2 aromatic rings. The summed E-state index contributed by atoms with van der Waals surface area (Å²) in [5.41, 5.74) is 6.35. The van der Waals surface area contributed by atoms with Crippen molar-refractivity contribution in [3.8, 4) is 5.75 Å². The molecule has 0 heterocycles. The van der Waals surface area contributed by atoms with E-state index in [2.05, 4.69) is 5.32 Å². The Kier molecular flexibility index (Phi) is 7.47. The van der Waals surface area contributed by atoms with Crippen LogP contribution in [0.5, 0.6) is 5.75 Å². The van der Waals surface area contributed by atoms with Crippen LogP contribution in [0.3, 0.4) is 0 Å². The maximum atomic E-state index is 12.2. The molecule has 0 radical (unpaired) electrons. The average molecular weight is 411 g/mol. The molecule has 0 aromatic heterocycles. The fourth-order valence-corrected chi connectivity index (χ4v) is 2.74. The number of ether oxygens (including phenoxy) is 1. The van der Waals surface area contributed by atoms with Crippen LogP contribution in [-0.4, -0.2) is 29.6 Å².